The van der Waals surface area contributed by atoms with Gasteiger partial charge in [0.2, 0.25) is 0 Å². The molecule has 106 valence electrons. The molecule has 0 aromatic heterocycles. The van der Waals surface area contributed by atoms with E-state index in [1.165, 1.54) is 12.8 Å². The second-order valence-electron chi connectivity index (χ2n) is 5.41. The summed E-state index contributed by atoms with van der Waals surface area (Å²) in [5.41, 5.74) is 0. The van der Waals surface area contributed by atoms with E-state index in [0.29, 0.717) is 0 Å². The summed E-state index contributed by atoms with van der Waals surface area (Å²) in [5.74, 6) is 0.830. The lowest BCUT2D eigenvalue weighted by Gasteiger charge is -2.09. The molecule has 0 rings (SSSR count). The largest absolute Gasteiger partial charge is 0.381 e. The molecule has 1 N–H and O–H groups in total. The first-order valence-corrected chi connectivity index (χ1v) is 7.06. The minimum Gasteiger partial charge on any atom is -0.381 e. The molecule has 3 nitrogen and oxygen atoms in total. The molecule has 0 saturated heterocycles. The van der Waals surface area contributed by atoms with Gasteiger partial charge in [-0.2, -0.15) is 0 Å². The highest BCUT2D eigenvalue weighted by molar-refractivity contribution is 4.51. The molecular weight excluding hydrogens is 212 g/mol. The number of nitrogens with zero attached hydrogens (tertiary/aromatic N) is 1. The molecule has 0 fully saturated rings. The Morgan fingerprint density at radius 2 is 1.71 bits per heavy atom. The van der Waals surface area contributed by atoms with E-state index in [2.05, 4.69) is 38.2 Å². The molecule has 0 heterocycles. The Balaban J connectivity index is 0. The minimum atomic E-state index is 0. The minimum absolute atomic E-state index is 0. The summed E-state index contributed by atoms with van der Waals surface area (Å²) in [6.07, 6.45) is 4.88. The summed E-state index contributed by atoms with van der Waals surface area (Å²) in [5, 5.41) is 3.46. The van der Waals surface area contributed by atoms with Gasteiger partial charge in [-0.05, 0) is 65.3 Å². The van der Waals surface area contributed by atoms with Crippen LogP contribution in [0.5, 0.6) is 0 Å². The van der Waals surface area contributed by atoms with Crippen LogP contribution in [0.2, 0.25) is 0 Å². The lowest BCUT2D eigenvalue weighted by Crippen LogP contribution is -2.19. The number of hydrogen-bond donors (Lipinski definition) is 1. The summed E-state index contributed by atoms with van der Waals surface area (Å²) in [7, 11) is 4.20. The fraction of sp³-hybridized carbons (Fsp3) is 1.00. The van der Waals surface area contributed by atoms with Crippen molar-refractivity contribution in [1.29, 1.82) is 0 Å². The highest BCUT2D eigenvalue weighted by Gasteiger charge is 1.94. The first-order valence-electron chi connectivity index (χ1n) is 7.06. The first-order chi connectivity index (χ1) is 8.13. The van der Waals surface area contributed by atoms with E-state index < -0.39 is 0 Å². The van der Waals surface area contributed by atoms with E-state index >= 15 is 0 Å². The summed E-state index contributed by atoms with van der Waals surface area (Å²) in [6, 6.07) is 0. The van der Waals surface area contributed by atoms with Crippen LogP contribution < -0.4 is 5.32 Å². The van der Waals surface area contributed by atoms with E-state index in [9.17, 15) is 0 Å². The average Bonchev–Trinajstić information content (AvgIpc) is 2.25. The van der Waals surface area contributed by atoms with Crippen molar-refractivity contribution in [3.05, 3.63) is 0 Å². The van der Waals surface area contributed by atoms with Crippen LogP contribution in [-0.2, 0) is 4.74 Å². The molecule has 0 aliphatic rings. The summed E-state index contributed by atoms with van der Waals surface area (Å²) >= 11 is 0. The van der Waals surface area contributed by atoms with Crippen molar-refractivity contribution in [2.45, 2.75) is 39.5 Å². The van der Waals surface area contributed by atoms with Gasteiger partial charge >= 0.3 is 0 Å². The van der Waals surface area contributed by atoms with Gasteiger partial charge in [0.15, 0.2) is 0 Å². The second-order valence-corrected chi connectivity index (χ2v) is 5.41. The Morgan fingerprint density at radius 3 is 2.35 bits per heavy atom. The highest BCUT2D eigenvalue weighted by atomic mass is 16.5. The van der Waals surface area contributed by atoms with E-state index in [4.69, 9.17) is 4.74 Å². The molecule has 0 atom stereocenters. The van der Waals surface area contributed by atoms with Gasteiger partial charge < -0.3 is 15.0 Å². The van der Waals surface area contributed by atoms with Crippen molar-refractivity contribution in [3.8, 4) is 0 Å². The van der Waals surface area contributed by atoms with Gasteiger partial charge in [-0.1, -0.05) is 13.8 Å². The number of nitrogens with one attached hydrogen (secondary N) is 1. The van der Waals surface area contributed by atoms with Crippen LogP contribution in [0.4, 0.5) is 0 Å². The van der Waals surface area contributed by atoms with Crippen molar-refractivity contribution in [2.24, 2.45) is 5.92 Å². The standard InChI is InChI=1S/C14H32N2O.H2/c1-14(2)8-5-9-15-10-6-12-17-13-7-11-16(3)4;/h14-15H,5-13H2,1-4H3;1H. The zero-order valence-electron chi connectivity index (χ0n) is 12.3. The smallest absolute Gasteiger partial charge is 0.0478 e. The van der Waals surface area contributed by atoms with Gasteiger partial charge in [0.25, 0.3) is 0 Å². The maximum Gasteiger partial charge on any atom is 0.0478 e. The van der Waals surface area contributed by atoms with Gasteiger partial charge in [-0.3, -0.25) is 0 Å². The highest BCUT2D eigenvalue weighted by Crippen LogP contribution is 2.01. The molecule has 0 saturated carbocycles. The Kier molecular flexibility index (Phi) is 12.3. The van der Waals surface area contributed by atoms with Crippen molar-refractivity contribution >= 4 is 0 Å². The molecule has 0 unspecified atom stereocenters. The normalized spacial score (nSPS) is 11.6. The second kappa shape index (κ2) is 12.3. The third-order valence-corrected chi connectivity index (χ3v) is 2.67. The number of rotatable bonds is 12. The topological polar surface area (TPSA) is 24.5 Å². The molecule has 0 amide bonds. The zero-order chi connectivity index (χ0) is 12.9. The van der Waals surface area contributed by atoms with Crippen molar-refractivity contribution < 1.29 is 6.16 Å². The fourth-order valence-electron chi connectivity index (χ4n) is 1.64. The van der Waals surface area contributed by atoms with Crippen LogP contribution in [0, 0.1) is 5.92 Å². The third-order valence-electron chi connectivity index (χ3n) is 2.67. The van der Waals surface area contributed by atoms with E-state index in [0.717, 1.165) is 51.6 Å². The summed E-state index contributed by atoms with van der Waals surface area (Å²) in [4.78, 5) is 2.19. The first kappa shape index (κ1) is 16.9. The van der Waals surface area contributed by atoms with Gasteiger partial charge in [-0.15, -0.1) is 0 Å². The SMILES string of the molecule is CC(C)CCCNCCCOCCCN(C)C.[HH]. The van der Waals surface area contributed by atoms with Crippen LogP contribution in [0.3, 0.4) is 0 Å². The summed E-state index contributed by atoms with van der Waals surface area (Å²) in [6.45, 7) is 9.71. The molecule has 0 aliphatic heterocycles. The molecule has 17 heavy (non-hydrogen) atoms. The zero-order valence-corrected chi connectivity index (χ0v) is 12.3. The molecule has 0 aromatic rings. The van der Waals surface area contributed by atoms with E-state index in [1.807, 2.05) is 0 Å². The van der Waals surface area contributed by atoms with Crippen molar-refractivity contribution in [1.82, 2.24) is 10.2 Å². The lowest BCUT2D eigenvalue weighted by molar-refractivity contribution is 0.123. The van der Waals surface area contributed by atoms with Crippen LogP contribution in [0.25, 0.3) is 0 Å². The Hall–Kier alpha value is -0.120. The predicted octanol–water partition coefficient (Wildman–Crippen LogP) is 2.62. The van der Waals surface area contributed by atoms with Gasteiger partial charge in [0.1, 0.15) is 0 Å². The maximum absolute atomic E-state index is 5.56. The Morgan fingerprint density at radius 1 is 1.06 bits per heavy atom. The fourth-order valence-corrected chi connectivity index (χ4v) is 1.64. The van der Waals surface area contributed by atoms with Gasteiger partial charge in [0.05, 0.1) is 0 Å². The van der Waals surface area contributed by atoms with Crippen LogP contribution in [0.1, 0.15) is 41.0 Å². The Labute approximate surface area is 109 Å². The monoisotopic (exact) mass is 246 g/mol. The van der Waals surface area contributed by atoms with E-state index in [1.54, 1.807) is 0 Å². The molecular formula is C14H34N2O. The van der Waals surface area contributed by atoms with Gasteiger partial charge in [-0.25, -0.2) is 0 Å². The molecule has 3 heteroatoms. The van der Waals surface area contributed by atoms with Crippen LogP contribution in [0.15, 0.2) is 0 Å². The molecule has 0 aromatic carbocycles. The number of ether oxygens (including phenoxy) is 1. The van der Waals surface area contributed by atoms with Crippen LogP contribution in [-0.4, -0.2) is 51.8 Å². The van der Waals surface area contributed by atoms with Gasteiger partial charge in [0, 0.05) is 14.6 Å². The lowest BCUT2D eigenvalue weighted by atomic mass is 10.1. The van der Waals surface area contributed by atoms with Crippen LogP contribution >= 0.6 is 0 Å². The molecule has 0 radical (unpaired) electrons. The molecule has 0 aliphatic carbocycles. The quantitative estimate of drug-likeness (QED) is 0.536. The average molecular weight is 246 g/mol. The third kappa shape index (κ3) is 15.9. The van der Waals surface area contributed by atoms with Crippen molar-refractivity contribution in [2.75, 3.05) is 46.9 Å². The number of hydrogen-bond acceptors (Lipinski definition) is 3. The van der Waals surface area contributed by atoms with Crippen molar-refractivity contribution in [3.63, 3.8) is 0 Å². The van der Waals surface area contributed by atoms with E-state index in [-0.39, 0.29) is 1.43 Å². The Bertz CT molecular complexity index is 139. The summed E-state index contributed by atoms with van der Waals surface area (Å²) < 4.78 is 5.56. The predicted molar refractivity (Wildman–Crippen MR) is 77.7 cm³/mol. The maximum atomic E-state index is 5.56. The molecule has 0 bridgehead atoms. The molecule has 0 spiro atoms.